The first-order valence-corrected chi connectivity index (χ1v) is 11.3. The number of methoxy groups -OCH3 is 1. The summed E-state index contributed by atoms with van der Waals surface area (Å²) in [6.45, 7) is -0.987. The van der Waals surface area contributed by atoms with E-state index in [1.807, 2.05) is 0 Å². The fraction of sp³-hybridized carbons (Fsp3) is 0.360. The Kier molecular flexibility index (Phi) is 8.65. The van der Waals surface area contributed by atoms with E-state index in [0.717, 1.165) is 18.4 Å². The number of ketones is 1. The molecule has 3 rings (SSSR count). The molecule has 1 unspecified atom stereocenters. The van der Waals surface area contributed by atoms with E-state index in [9.17, 15) is 14.4 Å². The Morgan fingerprint density at radius 2 is 1.85 bits per heavy atom. The van der Waals surface area contributed by atoms with Crippen LogP contribution in [0.2, 0.25) is 5.02 Å². The monoisotopic (exact) mass is 486 g/mol. The minimum atomic E-state index is -1.18. The van der Waals surface area contributed by atoms with Crippen molar-refractivity contribution in [3.63, 3.8) is 0 Å². The molecule has 1 fully saturated rings. The van der Waals surface area contributed by atoms with Gasteiger partial charge in [-0.15, -0.1) is 0 Å². The number of amides is 1. The second kappa shape index (κ2) is 11.7. The molecule has 0 heterocycles. The molecule has 0 N–H and O–H groups in total. The number of carbonyl (C=O) groups excluding carboxylic acids is 3. The molecule has 34 heavy (non-hydrogen) atoms. The van der Waals surface area contributed by atoms with Gasteiger partial charge in [-0.2, -0.15) is 0 Å². The predicted molar refractivity (Wildman–Crippen MR) is 127 cm³/mol. The standard InChI is InChI=1S/C25H27ClN2O6/c1-28(25(14-6-5-9-22(25)29)20-7-3-4-8-21(20)26)23(30)16-33-24(31)17-34-27-15-18-10-12-19(32-2)13-11-18/h3-4,7-8,10-13,15H,5-6,9,14,16-17H2,1-2H3/b27-15+. The maximum atomic E-state index is 13.1. The van der Waals surface area contributed by atoms with E-state index in [0.29, 0.717) is 29.2 Å². The zero-order valence-electron chi connectivity index (χ0n) is 19.2. The van der Waals surface area contributed by atoms with Gasteiger partial charge in [0.05, 0.1) is 13.3 Å². The minimum Gasteiger partial charge on any atom is -0.497 e. The lowest BCUT2D eigenvalue weighted by molar-refractivity contribution is -0.160. The minimum absolute atomic E-state index is 0.0785. The lowest BCUT2D eigenvalue weighted by atomic mass is 9.74. The first-order chi connectivity index (χ1) is 16.4. The van der Waals surface area contributed by atoms with Gasteiger partial charge in [0.25, 0.3) is 5.91 Å². The molecule has 8 nitrogen and oxygen atoms in total. The molecule has 0 spiro atoms. The van der Waals surface area contributed by atoms with Gasteiger partial charge in [-0.3, -0.25) is 9.59 Å². The van der Waals surface area contributed by atoms with Crippen LogP contribution in [-0.4, -0.2) is 56.1 Å². The van der Waals surface area contributed by atoms with E-state index < -0.39 is 30.6 Å². The zero-order valence-corrected chi connectivity index (χ0v) is 19.9. The van der Waals surface area contributed by atoms with Crippen molar-refractivity contribution in [2.75, 3.05) is 27.4 Å². The highest BCUT2D eigenvalue weighted by atomic mass is 35.5. The van der Waals surface area contributed by atoms with Crippen molar-refractivity contribution in [3.8, 4) is 5.75 Å². The molecule has 0 bridgehead atoms. The molecule has 1 saturated carbocycles. The number of hydrogen-bond acceptors (Lipinski definition) is 7. The zero-order chi connectivity index (χ0) is 24.6. The number of halogens is 1. The van der Waals surface area contributed by atoms with Crippen LogP contribution in [0.5, 0.6) is 5.75 Å². The summed E-state index contributed by atoms with van der Waals surface area (Å²) in [5.41, 5.74) is 0.159. The summed E-state index contributed by atoms with van der Waals surface area (Å²) in [6, 6.07) is 14.1. The average Bonchev–Trinajstić information content (AvgIpc) is 2.86. The number of Topliss-reactive ketones (excluding diaryl/α,β-unsaturated/α-hetero) is 1. The summed E-state index contributed by atoms with van der Waals surface area (Å²) in [6.07, 6.45) is 3.77. The Morgan fingerprint density at radius 1 is 1.12 bits per heavy atom. The van der Waals surface area contributed by atoms with Crippen molar-refractivity contribution < 1.29 is 28.7 Å². The molecular formula is C25H27ClN2O6. The van der Waals surface area contributed by atoms with Crippen LogP contribution in [0.3, 0.4) is 0 Å². The largest absolute Gasteiger partial charge is 0.497 e. The Morgan fingerprint density at radius 3 is 2.53 bits per heavy atom. The molecule has 180 valence electrons. The fourth-order valence-electron chi connectivity index (χ4n) is 4.00. The molecule has 2 aromatic carbocycles. The maximum absolute atomic E-state index is 13.1. The molecule has 9 heteroatoms. The fourth-order valence-corrected chi connectivity index (χ4v) is 4.29. The van der Waals surface area contributed by atoms with Gasteiger partial charge in [0.1, 0.15) is 11.3 Å². The number of rotatable bonds is 9. The van der Waals surface area contributed by atoms with Crippen molar-refractivity contribution in [3.05, 3.63) is 64.7 Å². The third-order valence-electron chi connectivity index (χ3n) is 5.85. The third kappa shape index (κ3) is 5.75. The van der Waals surface area contributed by atoms with Crippen molar-refractivity contribution >= 4 is 35.5 Å². The number of nitrogens with zero attached hydrogens (tertiary/aromatic N) is 2. The molecule has 0 saturated heterocycles. The molecule has 1 amide bonds. The van der Waals surface area contributed by atoms with Crippen LogP contribution in [-0.2, 0) is 29.5 Å². The summed E-state index contributed by atoms with van der Waals surface area (Å²) >= 11 is 6.41. The summed E-state index contributed by atoms with van der Waals surface area (Å²) in [4.78, 5) is 44.3. The quantitative estimate of drug-likeness (QED) is 0.304. The third-order valence-corrected chi connectivity index (χ3v) is 6.18. The number of ether oxygens (including phenoxy) is 2. The highest BCUT2D eigenvalue weighted by Crippen LogP contribution is 2.42. The predicted octanol–water partition coefficient (Wildman–Crippen LogP) is 3.74. The van der Waals surface area contributed by atoms with Gasteiger partial charge in [-0.05, 0) is 55.2 Å². The second-order valence-electron chi connectivity index (χ2n) is 7.86. The van der Waals surface area contributed by atoms with E-state index in [-0.39, 0.29) is 5.78 Å². The van der Waals surface area contributed by atoms with Gasteiger partial charge in [0.2, 0.25) is 6.61 Å². The highest BCUT2D eigenvalue weighted by Gasteiger charge is 2.47. The van der Waals surface area contributed by atoms with Crippen LogP contribution in [0.25, 0.3) is 0 Å². The van der Waals surface area contributed by atoms with Gasteiger partial charge < -0.3 is 19.2 Å². The van der Waals surface area contributed by atoms with Crippen LogP contribution in [0.1, 0.15) is 36.8 Å². The molecule has 0 aromatic heterocycles. The van der Waals surface area contributed by atoms with Crippen LogP contribution >= 0.6 is 11.6 Å². The van der Waals surface area contributed by atoms with Crippen LogP contribution in [0.4, 0.5) is 0 Å². The van der Waals surface area contributed by atoms with Crippen LogP contribution in [0, 0.1) is 0 Å². The van der Waals surface area contributed by atoms with Gasteiger partial charge in [0, 0.05) is 24.1 Å². The topological polar surface area (TPSA) is 94.5 Å². The van der Waals surface area contributed by atoms with Gasteiger partial charge >= 0.3 is 5.97 Å². The first kappa shape index (κ1) is 25.2. The SMILES string of the molecule is COc1ccc(/C=N/OCC(=O)OCC(=O)N(C)C2(c3ccccc3Cl)CCCCC2=O)cc1. The van der Waals surface area contributed by atoms with E-state index in [1.54, 1.807) is 62.7 Å². The van der Waals surface area contributed by atoms with E-state index >= 15 is 0 Å². The molecule has 0 aliphatic heterocycles. The number of oxime groups is 1. The van der Waals surface area contributed by atoms with Gasteiger partial charge in [-0.25, -0.2) is 4.79 Å². The summed E-state index contributed by atoms with van der Waals surface area (Å²) in [5.74, 6) is -0.631. The Bertz CT molecular complexity index is 1060. The lowest BCUT2D eigenvalue weighted by Crippen LogP contribution is -2.55. The molecule has 2 aromatic rings. The maximum Gasteiger partial charge on any atom is 0.347 e. The number of esters is 1. The van der Waals surface area contributed by atoms with E-state index in [4.69, 9.17) is 25.9 Å². The Hall–Kier alpha value is -3.39. The van der Waals surface area contributed by atoms with E-state index in [2.05, 4.69) is 5.16 Å². The Balaban J connectivity index is 1.57. The lowest BCUT2D eigenvalue weighted by Gasteiger charge is -2.43. The van der Waals surface area contributed by atoms with Gasteiger partial charge in [0.15, 0.2) is 12.4 Å². The molecule has 1 atom stereocenters. The second-order valence-corrected chi connectivity index (χ2v) is 8.27. The average molecular weight is 487 g/mol. The number of benzene rings is 2. The molecule has 0 radical (unpaired) electrons. The first-order valence-electron chi connectivity index (χ1n) is 10.9. The highest BCUT2D eigenvalue weighted by molar-refractivity contribution is 6.31. The van der Waals surface area contributed by atoms with Gasteiger partial charge in [-0.1, -0.05) is 35.0 Å². The van der Waals surface area contributed by atoms with Crippen molar-refractivity contribution in [2.24, 2.45) is 5.16 Å². The number of likely N-dealkylation sites (N-methyl/N-ethyl adjacent to an activating group) is 1. The van der Waals surface area contributed by atoms with Crippen LogP contribution in [0.15, 0.2) is 53.7 Å². The number of hydrogen-bond donors (Lipinski definition) is 0. The summed E-state index contributed by atoms with van der Waals surface area (Å²) in [7, 11) is 3.11. The normalized spacial score (nSPS) is 17.9. The smallest absolute Gasteiger partial charge is 0.347 e. The molecule has 1 aliphatic carbocycles. The van der Waals surface area contributed by atoms with Crippen molar-refractivity contribution in [1.29, 1.82) is 0 Å². The van der Waals surface area contributed by atoms with Crippen molar-refractivity contribution in [1.82, 2.24) is 4.90 Å². The van der Waals surface area contributed by atoms with Crippen LogP contribution < -0.4 is 4.74 Å². The Labute approximate surface area is 203 Å². The molecule has 1 aliphatic rings. The number of carbonyl (C=O) groups is 3. The summed E-state index contributed by atoms with van der Waals surface area (Å²) < 4.78 is 10.1. The van der Waals surface area contributed by atoms with Crippen molar-refractivity contribution in [2.45, 2.75) is 31.2 Å². The van der Waals surface area contributed by atoms with E-state index in [1.165, 1.54) is 11.1 Å². The molecular weight excluding hydrogens is 460 g/mol. The summed E-state index contributed by atoms with van der Waals surface area (Å²) in [5, 5.41) is 4.14.